The van der Waals surface area contributed by atoms with Gasteiger partial charge < -0.3 is 10.5 Å². The minimum absolute atomic E-state index is 0.277. The molecule has 2 N–H and O–H groups in total. The molecule has 0 saturated heterocycles. The van der Waals surface area contributed by atoms with Gasteiger partial charge in [0.05, 0.1) is 7.11 Å². The Morgan fingerprint density at radius 3 is 2.25 bits per heavy atom. The van der Waals surface area contributed by atoms with E-state index in [-0.39, 0.29) is 6.42 Å². The second-order valence-electron chi connectivity index (χ2n) is 3.48. The minimum atomic E-state index is -1.38. The van der Waals surface area contributed by atoms with Crippen LogP contribution in [0.4, 0.5) is 0 Å². The molecule has 0 aromatic heterocycles. The van der Waals surface area contributed by atoms with Crippen LogP contribution in [0.3, 0.4) is 0 Å². The highest BCUT2D eigenvalue weighted by Crippen LogP contribution is 2.29. The number of hydrogen-bond acceptors (Lipinski definition) is 3. The third kappa shape index (κ3) is 1.78. The summed E-state index contributed by atoms with van der Waals surface area (Å²) in [7, 11) is 1.25. The predicted octanol–water partition coefficient (Wildman–Crippen LogP) is 0.993. The lowest BCUT2D eigenvalue weighted by Gasteiger charge is -2.26. The molecule has 4 nitrogen and oxygen atoms in total. The van der Waals surface area contributed by atoms with Gasteiger partial charge in [-0.1, -0.05) is 37.3 Å². The largest absolute Gasteiger partial charge is 0.468 e. The van der Waals surface area contributed by atoms with E-state index in [0.717, 1.165) is 0 Å². The molecule has 0 bridgehead atoms. The number of carbonyl (C=O) groups is 2. The van der Waals surface area contributed by atoms with Gasteiger partial charge >= 0.3 is 5.97 Å². The van der Waals surface area contributed by atoms with Crippen LogP contribution >= 0.6 is 0 Å². The maximum absolute atomic E-state index is 11.8. The first-order chi connectivity index (χ1) is 7.59. The summed E-state index contributed by atoms with van der Waals surface area (Å²) in [6, 6.07) is 8.72. The third-order valence-electron chi connectivity index (χ3n) is 2.75. The number of rotatable bonds is 4. The fourth-order valence-corrected chi connectivity index (χ4v) is 1.78. The normalized spacial score (nSPS) is 13.9. The van der Waals surface area contributed by atoms with Crippen molar-refractivity contribution in [2.45, 2.75) is 18.8 Å². The Bertz CT molecular complexity index is 389. The summed E-state index contributed by atoms with van der Waals surface area (Å²) in [5, 5.41) is 0. The number of primary amides is 1. The van der Waals surface area contributed by atoms with E-state index >= 15 is 0 Å². The van der Waals surface area contributed by atoms with Crippen molar-refractivity contribution in [3.8, 4) is 0 Å². The average molecular weight is 221 g/mol. The van der Waals surface area contributed by atoms with Gasteiger partial charge in [0.2, 0.25) is 5.91 Å². The van der Waals surface area contributed by atoms with Gasteiger partial charge in [-0.05, 0) is 12.0 Å². The number of hydrogen-bond donors (Lipinski definition) is 1. The lowest BCUT2D eigenvalue weighted by Crippen LogP contribution is -2.48. The molecular weight excluding hydrogens is 206 g/mol. The van der Waals surface area contributed by atoms with Crippen molar-refractivity contribution in [1.82, 2.24) is 0 Å². The molecule has 1 rings (SSSR count). The van der Waals surface area contributed by atoms with Crippen LogP contribution in [-0.2, 0) is 19.7 Å². The molecule has 0 aliphatic carbocycles. The zero-order valence-corrected chi connectivity index (χ0v) is 9.40. The molecule has 86 valence electrons. The van der Waals surface area contributed by atoms with Gasteiger partial charge in [-0.25, -0.2) is 0 Å². The fourth-order valence-electron chi connectivity index (χ4n) is 1.78. The summed E-state index contributed by atoms with van der Waals surface area (Å²) in [5.74, 6) is -1.30. The smallest absolute Gasteiger partial charge is 0.325 e. The molecule has 1 amide bonds. The molecule has 1 atom stereocenters. The number of nitrogens with two attached hydrogens (primary N) is 1. The predicted molar refractivity (Wildman–Crippen MR) is 59.6 cm³/mol. The highest BCUT2D eigenvalue weighted by Gasteiger charge is 2.45. The summed E-state index contributed by atoms with van der Waals surface area (Å²) < 4.78 is 4.68. The quantitative estimate of drug-likeness (QED) is 0.609. The van der Waals surface area contributed by atoms with E-state index < -0.39 is 17.3 Å². The molecule has 1 aromatic rings. The van der Waals surface area contributed by atoms with Crippen molar-refractivity contribution in [2.24, 2.45) is 5.73 Å². The lowest BCUT2D eigenvalue weighted by molar-refractivity contribution is -0.152. The summed E-state index contributed by atoms with van der Waals surface area (Å²) in [5.41, 5.74) is 4.54. The van der Waals surface area contributed by atoms with E-state index in [1.165, 1.54) is 7.11 Å². The van der Waals surface area contributed by atoms with E-state index in [1.54, 1.807) is 31.2 Å². The second kappa shape index (κ2) is 4.79. The average Bonchev–Trinajstić information content (AvgIpc) is 2.31. The van der Waals surface area contributed by atoms with Crippen LogP contribution in [0.2, 0.25) is 0 Å². The lowest BCUT2D eigenvalue weighted by atomic mass is 9.77. The standard InChI is InChI=1S/C12H15NO3/c1-3-12(10(13)14,11(15)16-2)9-7-5-4-6-8-9/h4-8H,3H2,1-2H3,(H2,13,14)/t12-/m1/s1. The first-order valence-electron chi connectivity index (χ1n) is 5.03. The number of esters is 1. The maximum Gasteiger partial charge on any atom is 0.325 e. The van der Waals surface area contributed by atoms with Crippen LogP contribution in [0, 0.1) is 0 Å². The van der Waals surface area contributed by atoms with Gasteiger partial charge in [0.25, 0.3) is 0 Å². The highest BCUT2D eigenvalue weighted by molar-refractivity contribution is 6.07. The Morgan fingerprint density at radius 2 is 1.88 bits per heavy atom. The van der Waals surface area contributed by atoms with Crippen LogP contribution in [0.5, 0.6) is 0 Å². The minimum Gasteiger partial charge on any atom is -0.468 e. The number of amides is 1. The van der Waals surface area contributed by atoms with Gasteiger partial charge in [0, 0.05) is 0 Å². The van der Waals surface area contributed by atoms with Crippen molar-refractivity contribution in [1.29, 1.82) is 0 Å². The molecule has 0 saturated carbocycles. The third-order valence-corrected chi connectivity index (χ3v) is 2.75. The first-order valence-corrected chi connectivity index (χ1v) is 5.03. The molecular formula is C12H15NO3. The van der Waals surface area contributed by atoms with E-state index in [4.69, 9.17) is 5.73 Å². The summed E-state index contributed by atoms with van der Waals surface area (Å²) in [4.78, 5) is 23.4. The molecule has 0 fully saturated rings. The van der Waals surface area contributed by atoms with Crippen LogP contribution in [0.25, 0.3) is 0 Å². The number of methoxy groups -OCH3 is 1. The molecule has 4 heteroatoms. The first kappa shape index (κ1) is 12.2. The zero-order valence-electron chi connectivity index (χ0n) is 9.40. The Kier molecular flexibility index (Phi) is 3.66. The van der Waals surface area contributed by atoms with Gasteiger partial charge in [0.1, 0.15) is 0 Å². The van der Waals surface area contributed by atoms with Crippen LogP contribution < -0.4 is 5.73 Å². The monoisotopic (exact) mass is 221 g/mol. The number of ether oxygens (including phenoxy) is 1. The number of benzene rings is 1. The van der Waals surface area contributed by atoms with E-state index in [2.05, 4.69) is 4.74 Å². The molecule has 0 heterocycles. The van der Waals surface area contributed by atoms with E-state index in [9.17, 15) is 9.59 Å². The second-order valence-corrected chi connectivity index (χ2v) is 3.48. The highest BCUT2D eigenvalue weighted by atomic mass is 16.5. The molecule has 0 unspecified atom stereocenters. The van der Waals surface area contributed by atoms with Crippen molar-refractivity contribution in [3.63, 3.8) is 0 Å². The topological polar surface area (TPSA) is 69.4 Å². The van der Waals surface area contributed by atoms with Crippen LogP contribution in [0.1, 0.15) is 18.9 Å². The Labute approximate surface area is 94.4 Å². The molecule has 16 heavy (non-hydrogen) atoms. The zero-order chi connectivity index (χ0) is 12.2. The summed E-state index contributed by atoms with van der Waals surface area (Å²) >= 11 is 0. The van der Waals surface area contributed by atoms with Crippen molar-refractivity contribution in [3.05, 3.63) is 35.9 Å². The molecule has 0 aliphatic rings. The van der Waals surface area contributed by atoms with Crippen molar-refractivity contribution in [2.75, 3.05) is 7.11 Å². The van der Waals surface area contributed by atoms with E-state index in [1.807, 2.05) is 6.07 Å². The van der Waals surface area contributed by atoms with Gasteiger partial charge in [-0.2, -0.15) is 0 Å². The fraction of sp³-hybridized carbons (Fsp3) is 0.333. The maximum atomic E-state index is 11.8. The van der Waals surface area contributed by atoms with Crippen LogP contribution in [0.15, 0.2) is 30.3 Å². The van der Waals surface area contributed by atoms with Crippen LogP contribution in [-0.4, -0.2) is 19.0 Å². The van der Waals surface area contributed by atoms with Gasteiger partial charge in [-0.15, -0.1) is 0 Å². The number of carbonyl (C=O) groups excluding carboxylic acids is 2. The van der Waals surface area contributed by atoms with Crippen molar-refractivity contribution < 1.29 is 14.3 Å². The summed E-state index contributed by atoms with van der Waals surface area (Å²) in [6.07, 6.45) is 0.277. The molecule has 0 spiro atoms. The Hall–Kier alpha value is -1.84. The van der Waals surface area contributed by atoms with Gasteiger partial charge in [0.15, 0.2) is 5.41 Å². The summed E-state index contributed by atoms with van der Waals surface area (Å²) in [6.45, 7) is 1.73. The Morgan fingerprint density at radius 1 is 1.31 bits per heavy atom. The van der Waals surface area contributed by atoms with E-state index in [0.29, 0.717) is 5.56 Å². The Balaban J connectivity index is 3.35. The van der Waals surface area contributed by atoms with Gasteiger partial charge in [-0.3, -0.25) is 9.59 Å². The SMILES string of the molecule is CC[C@@](C(N)=O)(C(=O)OC)c1ccccc1. The molecule has 1 aromatic carbocycles. The molecule has 0 aliphatic heterocycles. The van der Waals surface area contributed by atoms with Crippen molar-refractivity contribution >= 4 is 11.9 Å². The molecule has 0 radical (unpaired) electrons.